The highest BCUT2D eigenvalue weighted by Gasteiger charge is 2.35. The largest absolute Gasteiger partial charge is 0.317 e. The van der Waals surface area contributed by atoms with Crippen molar-refractivity contribution in [2.24, 2.45) is 11.3 Å². The van der Waals surface area contributed by atoms with Crippen molar-refractivity contribution in [1.82, 2.24) is 5.32 Å². The Morgan fingerprint density at radius 2 is 1.95 bits per heavy atom. The van der Waals surface area contributed by atoms with E-state index in [0.29, 0.717) is 17.3 Å². The summed E-state index contributed by atoms with van der Waals surface area (Å²) in [5, 5.41) is 3.48. The Kier molecular flexibility index (Phi) is 4.62. The molecular formula is C17H26FN. The Bertz CT molecular complexity index is 396. The summed E-state index contributed by atoms with van der Waals surface area (Å²) in [6.45, 7) is 8.96. The number of rotatable bonds is 4. The van der Waals surface area contributed by atoms with Crippen LogP contribution in [0.2, 0.25) is 0 Å². The lowest BCUT2D eigenvalue weighted by Crippen LogP contribution is -2.34. The van der Waals surface area contributed by atoms with Gasteiger partial charge in [0.1, 0.15) is 5.82 Å². The summed E-state index contributed by atoms with van der Waals surface area (Å²) in [5.41, 5.74) is 1.71. The van der Waals surface area contributed by atoms with Crippen LogP contribution in [-0.2, 0) is 0 Å². The fraction of sp³-hybridized carbons (Fsp3) is 0.647. The fourth-order valence-electron chi connectivity index (χ4n) is 3.32. The van der Waals surface area contributed by atoms with Crippen molar-refractivity contribution in [3.63, 3.8) is 0 Å². The van der Waals surface area contributed by atoms with E-state index in [0.717, 1.165) is 13.1 Å². The number of benzene rings is 1. The maximum atomic E-state index is 13.1. The number of hydrogen-bond donors (Lipinski definition) is 1. The molecule has 1 fully saturated rings. The van der Waals surface area contributed by atoms with E-state index in [1.807, 2.05) is 12.1 Å². The summed E-state index contributed by atoms with van der Waals surface area (Å²) in [7, 11) is 0. The van der Waals surface area contributed by atoms with Crippen LogP contribution in [0.5, 0.6) is 0 Å². The molecule has 2 rings (SSSR count). The molecule has 1 N–H and O–H groups in total. The van der Waals surface area contributed by atoms with Crippen LogP contribution in [0.15, 0.2) is 24.3 Å². The summed E-state index contributed by atoms with van der Waals surface area (Å²) in [4.78, 5) is 0. The van der Waals surface area contributed by atoms with Gasteiger partial charge in [0, 0.05) is 0 Å². The van der Waals surface area contributed by atoms with Gasteiger partial charge in [-0.2, -0.15) is 0 Å². The van der Waals surface area contributed by atoms with E-state index in [9.17, 15) is 4.39 Å². The molecule has 0 amide bonds. The number of nitrogens with one attached hydrogen (secondary N) is 1. The predicted octanol–water partition coefficient (Wildman–Crippen LogP) is 4.35. The number of hydrogen-bond acceptors (Lipinski definition) is 1. The van der Waals surface area contributed by atoms with Crippen LogP contribution in [0.1, 0.15) is 51.5 Å². The van der Waals surface area contributed by atoms with E-state index in [1.54, 1.807) is 12.1 Å². The molecule has 0 saturated heterocycles. The van der Waals surface area contributed by atoms with Crippen molar-refractivity contribution in [2.75, 3.05) is 13.1 Å². The minimum absolute atomic E-state index is 0.137. The first kappa shape index (κ1) is 14.5. The van der Waals surface area contributed by atoms with Crippen molar-refractivity contribution < 1.29 is 4.39 Å². The lowest BCUT2D eigenvalue weighted by molar-refractivity contribution is 0.160. The quantitative estimate of drug-likeness (QED) is 0.852. The van der Waals surface area contributed by atoms with Gasteiger partial charge in [0.2, 0.25) is 0 Å². The summed E-state index contributed by atoms with van der Waals surface area (Å²) >= 11 is 0. The van der Waals surface area contributed by atoms with Gasteiger partial charge in [-0.05, 0) is 67.3 Å². The van der Waals surface area contributed by atoms with Crippen molar-refractivity contribution in [2.45, 2.75) is 46.0 Å². The van der Waals surface area contributed by atoms with Crippen LogP contribution in [-0.4, -0.2) is 13.1 Å². The van der Waals surface area contributed by atoms with E-state index in [1.165, 1.54) is 24.8 Å². The summed E-state index contributed by atoms with van der Waals surface area (Å²) < 4.78 is 13.1. The molecule has 1 saturated carbocycles. The topological polar surface area (TPSA) is 12.0 Å². The fourth-order valence-corrected chi connectivity index (χ4v) is 3.32. The Hall–Kier alpha value is -0.890. The minimum Gasteiger partial charge on any atom is -0.317 e. The molecule has 1 aliphatic rings. The second-order valence-corrected chi connectivity index (χ2v) is 6.63. The van der Waals surface area contributed by atoms with Crippen molar-refractivity contribution in [3.05, 3.63) is 35.6 Å². The second kappa shape index (κ2) is 6.04. The Labute approximate surface area is 116 Å². The molecule has 0 bridgehead atoms. The summed E-state index contributed by atoms with van der Waals surface area (Å²) in [6.07, 6.45) is 3.76. The zero-order valence-electron chi connectivity index (χ0n) is 12.4. The highest BCUT2D eigenvalue weighted by Crippen LogP contribution is 2.46. The van der Waals surface area contributed by atoms with Crippen LogP contribution >= 0.6 is 0 Å². The molecule has 0 heterocycles. The molecule has 2 heteroatoms. The maximum Gasteiger partial charge on any atom is 0.123 e. The van der Waals surface area contributed by atoms with Gasteiger partial charge in [-0.15, -0.1) is 0 Å². The number of halogens is 1. The van der Waals surface area contributed by atoms with Crippen LogP contribution in [0.25, 0.3) is 0 Å². The summed E-state index contributed by atoms with van der Waals surface area (Å²) in [5.74, 6) is 1.10. The molecule has 2 atom stereocenters. The minimum atomic E-state index is -0.137. The predicted molar refractivity (Wildman–Crippen MR) is 78.8 cm³/mol. The van der Waals surface area contributed by atoms with Crippen LogP contribution in [0.4, 0.5) is 4.39 Å². The molecule has 1 nitrogen and oxygen atoms in total. The lowest BCUT2D eigenvalue weighted by Gasteiger charge is -2.41. The molecule has 1 aliphatic carbocycles. The smallest absolute Gasteiger partial charge is 0.123 e. The maximum absolute atomic E-state index is 13.1. The van der Waals surface area contributed by atoms with E-state index in [4.69, 9.17) is 0 Å². The second-order valence-electron chi connectivity index (χ2n) is 6.63. The van der Waals surface area contributed by atoms with Crippen LogP contribution in [0.3, 0.4) is 0 Å². The van der Waals surface area contributed by atoms with E-state index in [2.05, 4.69) is 26.1 Å². The first-order valence-corrected chi connectivity index (χ1v) is 7.48. The van der Waals surface area contributed by atoms with Gasteiger partial charge in [0.15, 0.2) is 0 Å². The molecule has 19 heavy (non-hydrogen) atoms. The third kappa shape index (κ3) is 3.79. The highest BCUT2D eigenvalue weighted by molar-refractivity contribution is 5.22. The molecule has 1 aromatic rings. The molecule has 1 aromatic carbocycles. The van der Waals surface area contributed by atoms with Gasteiger partial charge in [0.25, 0.3) is 0 Å². The van der Waals surface area contributed by atoms with Gasteiger partial charge in [-0.3, -0.25) is 0 Å². The molecular weight excluding hydrogens is 237 g/mol. The van der Waals surface area contributed by atoms with Gasteiger partial charge in [-0.1, -0.05) is 32.9 Å². The molecule has 0 spiro atoms. The van der Waals surface area contributed by atoms with E-state index >= 15 is 0 Å². The van der Waals surface area contributed by atoms with Crippen LogP contribution < -0.4 is 5.32 Å². The average molecular weight is 263 g/mol. The SMILES string of the molecule is CCNCC1CCC(C)(C)CC1c1ccc(F)cc1. The molecule has 2 unspecified atom stereocenters. The molecule has 0 aliphatic heterocycles. The third-order valence-corrected chi connectivity index (χ3v) is 4.49. The molecule has 0 radical (unpaired) electrons. The Morgan fingerprint density at radius 1 is 1.26 bits per heavy atom. The third-order valence-electron chi connectivity index (χ3n) is 4.49. The highest BCUT2D eigenvalue weighted by atomic mass is 19.1. The van der Waals surface area contributed by atoms with Crippen LogP contribution in [0, 0.1) is 17.2 Å². The molecule has 0 aromatic heterocycles. The van der Waals surface area contributed by atoms with Gasteiger partial charge < -0.3 is 5.32 Å². The van der Waals surface area contributed by atoms with Crippen molar-refractivity contribution in [1.29, 1.82) is 0 Å². The average Bonchev–Trinajstić information content (AvgIpc) is 2.37. The zero-order chi connectivity index (χ0) is 13.9. The summed E-state index contributed by atoms with van der Waals surface area (Å²) in [6, 6.07) is 7.14. The van der Waals surface area contributed by atoms with Gasteiger partial charge >= 0.3 is 0 Å². The molecule has 106 valence electrons. The normalized spacial score (nSPS) is 26.3. The van der Waals surface area contributed by atoms with Gasteiger partial charge in [-0.25, -0.2) is 4.39 Å². The lowest BCUT2D eigenvalue weighted by atomic mass is 9.65. The zero-order valence-corrected chi connectivity index (χ0v) is 12.4. The van der Waals surface area contributed by atoms with Gasteiger partial charge in [0.05, 0.1) is 0 Å². The van der Waals surface area contributed by atoms with Crippen molar-refractivity contribution >= 4 is 0 Å². The van der Waals surface area contributed by atoms with Crippen molar-refractivity contribution in [3.8, 4) is 0 Å². The van der Waals surface area contributed by atoms with E-state index < -0.39 is 0 Å². The monoisotopic (exact) mass is 263 g/mol. The Balaban J connectivity index is 2.17. The Morgan fingerprint density at radius 3 is 2.58 bits per heavy atom. The first-order chi connectivity index (χ1) is 9.02. The van der Waals surface area contributed by atoms with E-state index in [-0.39, 0.29) is 5.82 Å². The standard InChI is InChI=1S/C17H26FN/c1-4-19-12-14-9-10-17(2,3)11-16(14)13-5-7-15(18)8-6-13/h5-8,14,16,19H,4,9-12H2,1-3H3. The first-order valence-electron chi connectivity index (χ1n) is 7.48.